The van der Waals surface area contributed by atoms with E-state index in [1.807, 2.05) is 0 Å². The van der Waals surface area contributed by atoms with Gasteiger partial charge in [-0.05, 0) is 13.0 Å². The van der Waals surface area contributed by atoms with Crippen molar-refractivity contribution in [3.05, 3.63) is 40.7 Å². The van der Waals surface area contributed by atoms with Crippen molar-refractivity contribution in [2.75, 3.05) is 20.0 Å². The molecular weight excluding hydrogens is 315 g/mol. The summed E-state index contributed by atoms with van der Waals surface area (Å²) >= 11 is 12.7. The number of para-hydroxylation sites is 1. The van der Waals surface area contributed by atoms with E-state index in [0.29, 0.717) is 28.1 Å². The highest BCUT2D eigenvalue weighted by atomic mass is 35.5. The van der Waals surface area contributed by atoms with Crippen LogP contribution in [0.3, 0.4) is 0 Å². The van der Waals surface area contributed by atoms with Crippen LogP contribution in [0.5, 0.6) is 0 Å². The molecule has 3 N–H and O–H groups in total. The van der Waals surface area contributed by atoms with Crippen molar-refractivity contribution >= 4 is 34.8 Å². The summed E-state index contributed by atoms with van der Waals surface area (Å²) in [4.78, 5) is -1.10. The summed E-state index contributed by atoms with van der Waals surface area (Å²) < 4.78 is 10.3. The number of hydrogen-bond acceptors (Lipinski definition) is 6. The Kier molecular flexibility index (Phi) is 4.39. The molecular formula is C13H16Cl2N4O2. The molecule has 1 aliphatic rings. The van der Waals surface area contributed by atoms with Crippen LogP contribution in [-0.2, 0) is 14.5 Å². The van der Waals surface area contributed by atoms with Crippen molar-refractivity contribution in [3.63, 3.8) is 0 Å². The van der Waals surface area contributed by atoms with Crippen molar-refractivity contribution in [2.24, 2.45) is 5.10 Å². The van der Waals surface area contributed by atoms with Crippen LogP contribution < -0.4 is 11.2 Å². The molecule has 0 bridgehead atoms. The van der Waals surface area contributed by atoms with Crippen molar-refractivity contribution in [1.29, 1.82) is 0 Å². The van der Waals surface area contributed by atoms with E-state index < -0.39 is 5.00 Å². The molecule has 0 fully saturated rings. The van der Waals surface area contributed by atoms with Crippen molar-refractivity contribution in [3.8, 4) is 0 Å². The maximum Gasteiger partial charge on any atom is 0.238 e. The molecule has 1 aliphatic heterocycles. The fourth-order valence-corrected chi connectivity index (χ4v) is 2.27. The number of nitrogens with zero attached hydrogens (tertiary/aromatic N) is 2. The molecule has 1 atom stereocenters. The Bertz CT molecular complexity index is 602. The zero-order valence-corrected chi connectivity index (χ0v) is 13.4. The average molecular weight is 331 g/mol. The minimum absolute atomic E-state index is 0.345. The third kappa shape index (κ3) is 2.96. The van der Waals surface area contributed by atoms with Gasteiger partial charge in [0.15, 0.2) is 5.00 Å². The maximum atomic E-state index is 6.64. The third-order valence-electron chi connectivity index (χ3n) is 3.04. The van der Waals surface area contributed by atoms with Gasteiger partial charge in [-0.1, -0.05) is 35.3 Å². The zero-order valence-electron chi connectivity index (χ0n) is 11.9. The number of benzene rings is 1. The van der Waals surface area contributed by atoms with Gasteiger partial charge in [-0.25, -0.2) is 5.43 Å². The number of nitrogens with one attached hydrogen (secondary N) is 1. The number of halogens is 2. The summed E-state index contributed by atoms with van der Waals surface area (Å²) in [6.45, 7) is 1.74. The first-order valence-electron chi connectivity index (χ1n) is 6.08. The van der Waals surface area contributed by atoms with Crippen LogP contribution in [0.1, 0.15) is 12.5 Å². The second-order valence-electron chi connectivity index (χ2n) is 4.43. The molecule has 114 valence electrons. The van der Waals surface area contributed by atoms with Crippen LogP contribution in [0.2, 0.25) is 5.02 Å². The highest BCUT2D eigenvalue weighted by Gasteiger charge is 2.36. The van der Waals surface area contributed by atoms with E-state index in [1.165, 1.54) is 19.3 Å². The Balaban J connectivity index is 2.42. The number of nitrogen functional groups attached to an aromatic ring is 1. The molecule has 0 aromatic heterocycles. The summed E-state index contributed by atoms with van der Waals surface area (Å²) in [5, 5.41) is 6.07. The Labute approximate surface area is 133 Å². The topological polar surface area (TPSA) is 72.1 Å². The number of rotatable bonds is 3. The SMILES string of the molecule is COC1=CC(OC)=NN(C(C)(Cl)c2cccc(Cl)c2N)N1. The first-order valence-corrected chi connectivity index (χ1v) is 6.84. The minimum atomic E-state index is -1.10. The normalized spacial score (nSPS) is 17.3. The largest absolute Gasteiger partial charge is 0.481 e. The smallest absolute Gasteiger partial charge is 0.238 e. The van der Waals surface area contributed by atoms with E-state index in [9.17, 15) is 0 Å². The average Bonchev–Trinajstić information content (AvgIpc) is 2.49. The lowest BCUT2D eigenvalue weighted by molar-refractivity contribution is 0.0754. The molecule has 21 heavy (non-hydrogen) atoms. The van der Waals surface area contributed by atoms with Crippen LogP contribution in [0.25, 0.3) is 0 Å². The molecule has 0 saturated carbocycles. The van der Waals surface area contributed by atoms with E-state index in [4.69, 9.17) is 38.4 Å². The van der Waals surface area contributed by atoms with Crippen molar-refractivity contribution in [1.82, 2.24) is 10.5 Å². The zero-order chi connectivity index (χ0) is 15.6. The maximum absolute atomic E-state index is 6.64. The Morgan fingerprint density at radius 2 is 2.05 bits per heavy atom. The molecule has 0 radical (unpaired) electrons. The number of anilines is 1. The molecule has 1 aromatic rings. The molecule has 2 rings (SSSR count). The molecule has 1 aromatic carbocycles. The summed E-state index contributed by atoms with van der Waals surface area (Å²) in [5.41, 5.74) is 9.94. The number of hydrazine groups is 1. The fraction of sp³-hybridized carbons (Fsp3) is 0.308. The Hall–Kier alpha value is -1.79. The number of hydrazone groups is 1. The van der Waals surface area contributed by atoms with E-state index in [0.717, 1.165) is 0 Å². The van der Waals surface area contributed by atoms with Gasteiger partial charge >= 0.3 is 0 Å². The monoisotopic (exact) mass is 330 g/mol. The lowest BCUT2D eigenvalue weighted by Gasteiger charge is -2.37. The second kappa shape index (κ2) is 5.91. The van der Waals surface area contributed by atoms with E-state index >= 15 is 0 Å². The van der Waals surface area contributed by atoms with Crippen LogP contribution in [-0.4, -0.2) is 25.2 Å². The standard InChI is InChI=1S/C13H16Cl2N4O2/c1-13(15,8-5-4-6-9(14)12(8)16)19-17-10(20-2)7-11(18-19)21-3/h4-7,17H,16H2,1-3H3. The highest BCUT2D eigenvalue weighted by Crippen LogP contribution is 2.39. The van der Waals surface area contributed by atoms with Crippen molar-refractivity contribution in [2.45, 2.75) is 11.9 Å². The molecule has 0 spiro atoms. The van der Waals surface area contributed by atoms with Gasteiger partial charge in [-0.3, -0.25) is 0 Å². The number of nitrogens with two attached hydrogens (primary N) is 1. The van der Waals surface area contributed by atoms with Crippen LogP contribution >= 0.6 is 23.2 Å². The Morgan fingerprint density at radius 1 is 1.33 bits per heavy atom. The molecule has 6 nitrogen and oxygen atoms in total. The van der Waals surface area contributed by atoms with Gasteiger partial charge in [-0.2, -0.15) is 5.12 Å². The third-order valence-corrected chi connectivity index (χ3v) is 3.73. The number of hydrogen-bond donors (Lipinski definition) is 2. The van der Waals surface area contributed by atoms with E-state index in [2.05, 4.69) is 10.5 Å². The molecule has 8 heteroatoms. The van der Waals surface area contributed by atoms with Gasteiger partial charge in [0.2, 0.25) is 11.8 Å². The molecule has 0 aliphatic carbocycles. The van der Waals surface area contributed by atoms with Gasteiger partial charge in [-0.15, -0.1) is 5.10 Å². The summed E-state index contributed by atoms with van der Waals surface area (Å²) in [6.07, 6.45) is 1.60. The van der Waals surface area contributed by atoms with Crippen LogP contribution in [0.15, 0.2) is 35.3 Å². The first-order chi connectivity index (χ1) is 9.90. The first kappa shape index (κ1) is 15.6. The fourth-order valence-electron chi connectivity index (χ4n) is 1.85. The predicted molar refractivity (Wildman–Crippen MR) is 83.6 cm³/mol. The molecule has 1 heterocycles. The van der Waals surface area contributed by atoms with Crippen LogP contribution in [0, 0.1) is 0 Å². The van der Waals surface area contributed by atoms with E-state index in [-0.39, 0.29) is 0 Å². The minimum Gasteiger partial charge on any atom is -0.481 e. The predicted octanol–water partition coefficient (Wildman–Crippen LogP) is 2.60. The summed E-state index contributed by atoms with van der Waals surface area (Å²) in [5.74, 6) is 0.785. The van der Waals surface area contributed by atoms with Gasteiger partial charge in [0, 0.05) is 5.56 Å². The Morgan fingerprint density at radius 3 is 2.67 bits per heavy atom. The van der Waals surface area contributed by atoms with Crippen molar-refractivity contribution < 1.29 is 9.47 Å². The molecule has 0 amide bonds. The number of ether oxygens (including phenoxy) is 2. The number of alkyl halides is 1. The van der Waals surface area contributed by atoms with Gasteiger partial charge < -0.3 is 15.2 Å². The van der Waals surface area contributed by atoms with Gasteiger partial charge in [0.1, 0.15) is 0 Å². The van der Waals surface area contributed by atoms with Gasteiger partial charge in [0.05, 0.1) is 31.0 Å². The van der Waals surface area contributed by atoms with Gasteiger partial charge in [0.25, 0.3) is 0 Å². The quantitative estimate of drug-likeness (QED) is 0.506. The second-order valence-corrected chi connectivity index (χ2v) is 5.58. The lowest BCUT2D eigenvalue weighted by Crippen LogP contribution is -2.48. The summed E-state index contributed by atoms with van der Waals surface area (Å²) in [7, 11) is 3.03. The van der Waals surface area contributed by atoms with Crippen LogP contribution in [0.4, 0.5) is 5.69 Å². The number of methoxy groups -OCH3 is 2. The summed E-state index contributed by atoms with van der Waals surface area (Å²) in [6, 6.07) is 5.25. The molecule has 0 saturated heterocycles. The lowest BCUT2D eigenvalue weighted by atomic mass is 10.1. The molecule has 1 unspecified atom stereocenters. The highest BCUT2D eigenvalue weighted by molar-refractivity contribution is 6.33. The van der Waals surface area contributed by atoms with E-state index in [1.54, 1.807) is 31.2 Å².